The normalized spacial score (nSPS) is 21.4. The van der Waals surface area contributed by atoms with E-state index in [1.165, 1.54) is 16.8 Å². The number of halogens is 1. The van der Waals surface area contributed by atoms with Gasteiger partial charge in [-0.1, -0.05) is 12.1 Å². The standard InChI is InChI=1S/C13H13FN4O2/c14-8-3-1-2-7(6-8)9-4-5-10-16-13(15)17-18(10)11(9)12(19)20/h1-3,6,9,11H,4-5H2,(H2,15,17)(H,19,20). The van der Waals surface area contributed by atoms with Crippen LogP contribution in [-0.4, -0.2) is 25.8 Å². The molecule has 3 rings (SSSR count). The number of fused-ring (bicyclic) bond motifs is 1. The third-order valence-corrected chi connectivity index (χ3v) is 3.57. The maximum Gasteiger partial charge on any atom is 0.329 e. The number of benzene rings is 1. The van der Waals surface area contributed by atoms with Crippen molar-refractivity contribution in [1.82, 2.24) is 14.8 Å². The molecule has 0 radical (unpaired) electrons. The van der Waals surface area contributed by atoms with Gasteiger partial charge in [0.2, 0.25) is 5.95 Å². The molecule has 2 heterocycles. The van der Waals surface area contributed by atoms with Crippen molar-refractivity contribution in [2.75, 3.05) is 5.73 Å². The number of aliphatic carboxylic acids is 1. The van der Waals surface area contributed by atoms with E-state index >= 15 is 0 Å². The zero-order chi connectivity index (χ0) is 14.3. The summed E-state index contributed by atoms with van der Waals surface area (Å²) in [6, 6.07) is 5.10. The van der Waals surface area contributed by atoms with Gasteiger partial charge in [0.1, 0.15) is 11.6 Å². The van der Waals surface area contributed by atoms with E-state index in [4.69, 9.17) is 5.73 Å². The molecule has 0 bridgehead atoms. The number of hydrogen-bond donors (Lipinski definition) is 2. The molecule has 104 valence electrons. The van der Waals surface area contributed by atoms with Crippen LogP contribution in [0.1, 0.15) is 29.8 Å². The molecular formula is C13H13FN4O2. The number of nitrogen functional groups attached to an aromatic ring is 1. The summed E-state index contributed by atoms with van der Waals surface area (Å²) < 4.78 is 14.7. The van der Waals surface area contributed by atoms with Crippen LogP contribution in [0.3, 0.4) is 0 Å². The molecular weight excluding hydrogens is 263 g/mol. The van der Waals surface area contributed by atoms with Crippen LogP contribution in [0.4, 0.5) is 10.3 Å². The second-order valence-electron chi connectivity index (χ2n) is 4.81. The van der Waals surface area contributed by atoms with Crippen LogP contribution >= 0.6 is 0 Å². The Balaban J connectivity index is 2.06. The maximum atomic E-state index is 13.3. The van der Waals surface area contributed by atoms with Crippen LogP contribution in [0.25, 0.3) is 0 Å². The molecule has 3 N–H and O–H groups in total. The Morgan fingerprint density at radius 1 is 1.50 bits per heavy atom. The smallest absolute Gasteiger partial charge is 0.329 e. The Bertz CT molecular complexity index is 670. The third kappa shape index (κ3) is 2.01. The van der Waals surface area contributed by atoms with Gasteiger partial charge in [0.25, 0.3) is 0 Å². The van der Waals surface area contributed by atoms with Gasteiger partial charge in [-0.15, -0.1) is 5.10 Å². The molecule has 0 amide bonds. The highest BCUT2D eigenvalue weighted by molar-refractivity contribution is 5.73. The Labute approximate surface area is 114 Å². The summed E-state index contributed by atoms with van der Waals surface area (Å²) in [5.41, 5.74) is 6.18. The fourth-order valence-corrected chi connectivity index (χ4v) is 2.74. The fraction of sp³-hybridized carbons (Fsp3) is 0.308. The van der Waals surface area contributed by atoms with Crippen molar-refractivity contribution < 1.29 is 14.3 Å². The van der Waals surface area contributed by atoms with Crippen LogP contribution in [0.15, 0.2) is 24.3 Å². The van der Waals surface area contributed by atoms with Gasteiger partial charge < -0.3 is 10.8 Å². The van der Waals surface area contributed by atoms with E-state index in [0.717, 1.165) is 0 Å². The number of carboxylic acid groups (broad SMARTS) is 1. The van der Waals surface area contributed by atoms with Gasteiger partial charge in [0.05, 0.1) is 0 Å². The topological polar surface area (TPSA) is 94.0 Å². The summed E-state index contributed by atoms with van der Waals surface area (Å²) in [4.78, 5) is 15.6. The van der Waals surface area contributed by atoms with Gasteiger partial charge in [-0.25, -0.2) is 13.9 Å². The molecule has 7 heteroatoms. The largest absolute Gasteiger partial charge is 0.480 e. The quantitative estimate of drug-likeness (QED) is 0.863. The van der Waals surface area contributed by atoms with E-state index < -0.39 is 12.0 Å². The highest BCUT2D eigenvalue weighted by Crippen LogP contribution is 2.37. The van der Waals surface area contributed by atoms with Gasteiger partial charge in [-0.05, 0) is 24.1 Å². The minimum absolute atomic E-state index is 0.0612. The van der Waals surface area contributed by atoms with Crippen molar-refractivity contribution in [1.29, 1.82) is 0 Å². The lowest BCUT2D eigenvalue weighted by Crippen LogP contribution is -2.32. The van der Waals surface area contributed by atoms with Crippen LogP contribution in [0, 0.1) is 5.82 Å². The molecule has 0 spiro atoms. The molecule has 2 aromatic rings. The third-order valence-electron chi connectivity index (χ3n) is 3.57. The van der Waals surface area contributed by atoms with Crippen molar-refractivity contribution in [3.8, 4) is 0 Å². The number of rotatable bonds is 2. The average molecular weight is 276 g/mol. The molecule has 2 atom stereocenters. The highest BCUT2D eigenvalue weighted by Gasteiger charge is 2.37. The molecule has 0 fully saturated rings. The summed E-state index contributed by atoms with van der Waals surface area (Å²) in [7, 11) is 0. The van der Waals surface area contributed by atoms with Crippen molar-refractivity contribution in [2.45, 2.75) is 24.8 Å². The van der Waals surface area contributed by atoms with Gasteiger partial charge in [0, 0.05) is 12.3 Å². The van der Waals surface area contributed by atoms with Crippen LogP contribution in [0.5, 0.6) is 0 Å². The van der Waals surface area contributed by atoms with Gasteiger partial charge >= 0.3 is 5.97 Å². The summed E-state index contributed by atoms with van der Waals surface area (Å²) >= 11 is 0. The Hall–Kier alpha value is -2.44. The minimum Gasteiger partial charge on any atom is -0.480 e. The number of nitrogens with zero attached hydrogens (tertiary/aromatic N) is 3. The molecule has 6 nitrogen and oxygen atoms in total. The van der Waals surface area contributed by atoms with Gasteiger partial charge in [0.15, 0.2) is 6.04 Å². The van der Waals surface area contributed by atoms with E-state index in [2.05, 4.69) is 10.1 Å². The number of carbonyl (C=O) groups is 1. The molecule has 1 aromatic heterocycles. The highest BCUT2D eigenvalue weighted by atomic mass is 19.1. The van der Waals surface area contributed by atoms with Crippen LogP contribution < -0.4 is 5.73 Å². The summed E-state index contributed by atoms with van der Waals surface area (Å²) in [5.74, 6) is -1.13. The average Bonchev–Trinajstić information content (AvgIpc) is 2.77. The number of nitrogens with two attached hydrogens (primary N) is 1. The lowest BCUT2D eigenvalue weighted by atomic mass is 9.85. The van der Waals surface area contributed by atoms with Crippen LogP contribution in [0.2, 0.25) is 0 Å². The minimum atomic E-state index is -1.02. The first-order valence-corrected chi connectivity index (χ1v) is 6.25. The van der Waals surface area contributed by atoms with Crippen molar-refractivity contribution >= 4 is 11.9 Å². The summed E-state index contributed by atoms with van der Waals surface area (Å²) in [5, 5.41) is 13.4. The van der Waals surface area contributed by atoms with E-state index in [1.54, 1.807) is 12.1 Å². The van der Waals surface area contributed by atoms with E-state index in [0.29, 0.717) is 24.2 Å². The Kier molecular flexibility index (Phi) is 2.89. The maximum absolute atomic E-state index is 13.3. The Morgan fingerprint density at radius 2 is 2.30 bits per heavy atom. The molecule has 20 heavy (non-hydrogen) atoms. The zero-order valence-electron chi connectivity index (χ0n) is 10.5. The van der Waals surface area contributed by atoms with Crippen LogP contribution in [-0.2, 0) is 11.2 Å². The molecule has 1 aliphatic heterocycles. The predicted molar refractivity (Wildman–Crippen MR) is 68.6 cm³/mol. The predicted octanol–water partition coefficient (Wildman–Crippen LogP) is 1.36. The molecule has 2 unspecified atom stereocenters. The van der Waals surface area contributed by atoms with Crippen molar-refractivity contribution in [3.63, 3.8) is 0 Å². The number of aryl methyl sites for hydroxylation is 1. The number of aromatic nitrogens is 3. The lowest BCUT2D eigenvalue weighted by molar-refractivity contribution is -0.142. The van der Waals surface area contributed by atoms with E-state index in [-0.39, 0.29) is 17.7 Å². The number of hydrogen-bond acceptors (Lipinski definition) is 4. The summed E-state index contributed by atoms with van der Waals surface area (Å²) in [6.45, 7) is 0. The molecule has 0 saturated carbocycles. The molecule has 1 aliphatic rings. The second-order valence-corrected chi connectivity index (χ2v) is 4.81. The molecule has 0 aliphatic carbocycles. The number of carboxylic acids is 1. The number of anilines is 1. The monoisotopic (exact) mass is 276 g/mol. The second kappa shape index (κ2) is 4.59. The first-order chi connectivity index (χ1) is 9.56. The molecule has 0 saturated heterocycles. The van der Waals surface area contributed by atoms with Gasteiger partial charge in [-0.3, -0.25) is 0 Å². The first-order valence-electron chi connectivity index (χ1n) is 6.25. The summed E-state index contributed by atoms with van der Waals surface area (Å²) in [6.07, 6.45) is 1.13. The van der Waals surface area contributed by atoms with E-state index in [9.17, 15) is 14.3 Å². The van der Waals surface area contributed by atoms with Gasteiger partial charge in [-0.2, -0.15) is 4.98 Å². The SMILES string of the molecule is Nc1nc2n(n1)C(C(=O)O)C(c1cccc(F)c1)CC2. The van der Waals surface area contributed by atoms with E-state index in [1.807, 2.05) is 0 Å². The lowest BCUT2D eigenvalue weighted by Gasteiger charge is -2.29. The van der Waals surface area contributed by atoms with Crippen molar-refractivity contribution in [3.05, 3.63) is 41.5 Å². The zero-order valence-corrected chi connectivity index (χ0v) is 10.5. The van der Waals surface area contributed by atoms with Crippen molar-refractivity contribution in [2.24, 2.45) is 0 Å². The first kappa shape index (κ1) is 12.6. The Morgan fingerprint density at radius 3 is 3.00 bits per heavy atom. The fourth-order valence-electron chi connectivity index (χ4n) is 2.74. The molecule has 1 aromatic carbocycles.